The van der Waals surface area contributed by atoms with Gasteiger partial charge >= 0.3 is 5.97 Å². The lowest BCUT2D eigenvalue weighted by atomic mass is 10.2. The minimum atomic E-state index is -1.09. The van der Waals surface area contributed by atoms with Gasteiger partial charge in [-0.15, -0.1) is 0 Å². The highest BCUT2D eigenvalue weighted by atomic mass is 16.4. The number of rotatable bonds is 8. The summed E-state index contributed by atoms with van der Waals surface area (Å²) in [5, 5.41) is 8.86. The molecule has 0 bridgehead atoms. The first-order valence-electron chi connectivity index (χ1n) is 6.27. The molecular formula is C13H20N2O4. The van der Waals surface area contributed by atoms with Crippen LogP contribution in [0.3, 0.4) is 0 Å². The fraction of sp³-hybridized carbons (Fsp3) is 0.538. The molecule has 6 nitrogen and oxygen atoms in total. The fourth-order valence-electron chi connectivity index (χ4n) is 1.84. The van der Waals surface area contributed by atoms with Gasteiger partial charge in [-0.1, -0.05) is 13.3 Å². The molecule has 0 spiro atoms. The van der Waals surface area contributed by atoms with Crippen molar-refractivity contribution in [2.75, 3.05) is 13.1 Å². The van der Waals surface area contributed by atoms with Gasteiger partial charge in [0.2, 0.25) is 11.7 Å². The average molecular weight is 268 g/mol. The first kappa shape index (κ1) is 15.2. The largest absolute Gasteiger partial charge is 0.475 e. The molecule has 0 saturated carbocycles. The van der Waals surface area contributed by atoms with Crippen molar-refractivity contribution in [3.05, 3.63) is 23.2 Å². The van der Waals surface area contributed by atoms with Crippen molar-refractivity contribution in [2.45, 2.75) is 33.2 Å². The van der Waals surface area contributed by atoms with E-state index in [1.54, 1.807) is 6.92 Å². The van der Waals surface area contributed by atoms with Gasteiger partial charge in [0.25, 0.3) is 0 Å². The Bertz CT molecular complexity index is 453. The Balaban J connectivity index is 2.76. The van der Waals surface area contributed by atoms with E-state index in [2.05, 4.69) is 6.92 Å². The van der Waals surface area contributed by atoms with E-state index in [0.717, 1.165) is 24.9 Å². The molecule has 1 aromatic heterocycles. The maximum absolute atomic E-state index is 11.0. The van der Waals surface area contributed by atoms with Gasteiger partial charge in [-0.2, -0.15) is 0 Å². The molecule has 0 aliphatic heterocycles. The van der Waals surface area contributed by atoms with Gasteiger partial charge in [-0.05, 0) is 26.0 Å². The molecule has 106 valence electrons. The lowest BCUT2D eigenvalue weighted by Gasteiger charge is -2.19. The SMILES string of the molecule is CCCCN(CC(N)=O)Cc1cc(C(=O)O)oc1C. The Morgan fingerprint density at radius 2 is 2.16 bits per heavy atom. The molecule has 19 heavy (non-hydrogen) atoms. The zero-order chi connectivity index (χ0) is 14.4. The van der Waals surface area contributed by atoms with Crippen molar-refractivity contribution >= 4 is 11.9 Å². The number of carboxylic acid groups (broad SMARTS) is 1. The lowest BCUT2D eigenvalue weighted by molar-refractivity contribution is -0.119. The number of carbonyl (C=O) groups is 2. The molecule has 1 rings (SSSR count). The molecule has 0 radical (unpaired) electrons. The van der Waals surface area contributed by atoms with E-state index in [-0.39, 0.29) is 12.3 Å². The highest BCUT2D eigenvalue weighted by molar-refractivity contribution is 5.84. The summed E-state index contributed by atoms with van der Waals surface area (Å²) >= 11 is 0. The zero-order valence-electron chi connectivity index (χ0n) is 11.3. The monoisotopic (exact) mass is 268 g/mol. The van der Waals surface area contributed by atoms with Crippen molar-refractivity contribution in [2.24, 2.45) is 5.73 Å². The number of nitrogens with zero attached hydrogens (tertiary/aromatic N) is 1. The summed E-state index contributed by atoms with van der Waals surface area (Å²) in [4.78, 5) is 23.7. The van der Waals surface area contributed by atoms with Gasteiger partial charge in [0.15, 0.2) is 0 Å². The summed E-state index contributed by atoms with van der Waals surface area (Å²) in [5.74, 6) is -1.01. The number of amides is 1. The molecule has 6 heteroatoms. The van der Waals surface area contributed by atoms with E-state index < -0.39 is 11.9 Å². The van der Waals surface area contributed by atoms with E-state index in [0.29, 0.717) is 12.3 Å². The van der Waals surface area contributed by atoms with Crippen LogP contribution in [0.2, 0.25) is 0 Å². The Morgan fingerprint density at radius 1 is 1.47 bits per heavy atom. The molecule has 0 aromatic carbocycles. The van der Waals surface area contributed by atoms with Gasteiger partial charge in [-0.25, -0.2) is 4.79 Å². The number of nitrogens with two attached hydrogens (primary N) is 1. The lowest BCUT2D eigenvalue weighted by Crippen LogP contribution is -2.34. The smallest absolute Gasteiger partial charge is 0.371 e. The number of carboxylic acids is 1. The predicted molar refractivity (Wildman–Crippen MR) is 69.8 cm³/mol. The van der Waals surface area contributed by atoms with Crippen molar-refractivity contribution in [1.29, 1.82) is 0 Å². The average Bonchev–Trinajstić information content (AvgIpc) is 2.67. The van der Waals surface area contributed by atoms with Crippen LogP contribution in [0.1, 0.15) is 41.6 Å². The summed E-state index contributed by atoms with van der Waals surface area (Å²) in [6.07, 6.45) is 1.97. The molecule has 0 unspecified atom stereocenters. The van der Waals surface area contributed by atoms with Gasteiger partial charge in [0.05, 0.1) is 6.54 Å². The minimum Gasteiger partial charge on any atom is -0.475 e. The Hall–Kier alpha value is -1.82. The van der Waals surface area contributed by atoms with Crippen molar-refractivity contribution in [3.63, 3.8) is 0 Å². The molecule has 3 N–H and O–H groups in total. The maximum Gasteiger partial charge on any atom is 0.371 e. The van der Waals surface area contributed by atoms with Gasteiger partial charge in [0.1, 0.15) is 5.76 Å². The van der Waals surface area contributed by atoms with E-state index >= 15 is 0 Å². The van der Waals surface area contributed by atoms with Crippen LogP contribution in [-0.2, 0) is 11.3 Å². The summed E-state index contributed by atoms with van der Waals surface area (Å²) in [6.45, 7) is 5.14. The fourth-order valence-corrected chi connectivity index (χ4v) is 1.84. The molecule has 1 amide bonds. The number of primary amides is 1. The highest BCUT2D eigenvalue weighted by Gasteiger charge is 2.16. The molecule has 0 atom stereocenters. The Morgan fingerprint density at radius 3 is 2.63 bits per heavy atom. The number of carbonyl (C=O) groups excluding carboxylic acids is 1. The number of aryl methyl sites for hydroxylation is 1. The molecule has 0 fully saturated rings. The standard InChI is InChI=1S/C13H20N2O4/c1-3-4-5-15(8-12(14)16)7-10-6-11(13(17)18)19-9(10)2/h6H,3-5,7-8H2,1-2H3,(H2,14,16)(H,17,18). The third-order valence-corrected chi connectivity index (χ3v) is 2.83. The van der Waals surface area contributed by atoms with Crippen LogP contribution in [0.4, 0.5) is 0 Å². The summed E-state index contributed by atoms with van der Waals surface area (Å²) < 4.78 is 5.14. The maximum atomic E-state index is 11.0. The van der Waals surface area contributed by atoms with Crippen molar-refractivity contribution in [3.8, 4) is 0 Å². The van der Waals surface area contributed by atoms with Crippen LogP contribution < -0.4 is 5.73 Å². The second-order valence-corrected chi connectivity index (χ2v) is 4.53. The third kappa shape index (κ3) is 4.75. The zero-order valence-corrected chi connectivity index (χ0v) is 11.3. The quantitative estimate of drug-likeness (QED) is 0.742. The third-order valence-electron chi connectivity index (χ3n) is 2.83. The van der Waals surface area contributed by atoms with E-state index in [1.165, 1.54) is 6.07 Å². The van der Waals surface area contributed by atoms with Crippen LogP contribution >= 0.6 is 0 Å². The molecule has 1 aromatic rings. The van der Waals surface area contributed by atoms with Crippen LogP contribution in [0, 0.1) is 6.92 Å². The first-order valence-corrected chi connectivity index (χ1v) is 6.27. The van der Waals surface area contributed by atoms with Crippen LogP contribution in [0.25, 0.3) is 0 Å². The van der Waals surface area contributed by atoms with Gasteiger partial charge < -0.3 is 15.3 Å². The van der Waals surface area contributed by atoms with Crippen molar-refractivity contribution < 1.29 is 19.1 Å². The van der Waals surface area contributed by atoms with Gasteiger partial charge in [-0.3, -0.25) is 9.69 Å². The molecule has 1 heterocycles. The first-order chi connectivity index (χ1) is 8.93. The molecule has 0 saturated heterocycles. The number of unbranched alkanes of at least 4 members (excludes halogenated alkanes) is 1. The molecule has 0 aliphatic rings. The summed E-state index contributed by atoms with van der Waals surface area (Å²) in [6, 6.07) is 1.50. The van der Waals surface area contributed by atoms with Crippen molar-refractivity contribution in [1.82, 2.24) is 4.90 Å². The summed E-state index contributed by atoms with van der Waals surface area (Å²) in [7, 11) is 0. The molecule has 0 aliphatic carbocycles. The topological polar surface area (TPSA) is 96.8 Å². The normalized spacial score (nSPS) is 10.9. The number of hydrogen-bond donors (Lipinski definition) is 2. The second kappa shape index (κ2) is 6.94. The van der Waals surface area contributed by atoms with Crippen LogP contribution in [0.5, 0.6) is 0 Å². The number of furan rings is 1. The summed E-state index contributed by atoms with van der Waals surface area (Å²) in [5.41, 5.74) is 5.98. The Kier molecular flexibility index (Phi) is 5.57. The Labute approximate surface area is 112 Å². The van der Waals surface area contributed by atoms with Crippen LogP contribution in [0.15, 0.2) is 10.5 Å². The predicted octanol–water partition coefficient (Wildman–Crippen LogP) is 1.37. The van der Waals surface area contributed by atoms with E-state index in [9.17, 15) is 9.59 Å². The van der Waals surface area contributed by atoms with Crippen LogP contribution in [-0.4, -0.2) is 35.0 Å². The highest BCUT2D eigenvalue weighted by Crippen LogP contribution is 2.17. The van der Waals surface area contributed by atoms with E-state index in [4.69, 9.17) is 15.3 Å². The number of aromatic carboxylic acids is 1. The molecular weight excluding hydrogens is 248 g/mol. The second-order valence-electron chi connectivity index (χ2n) is 4.53. The minimum absolute atomic E-state index is 0.0815. The van der Waals surface area contributed by atoms with Gasteiger partial charge in [0, 0.05) is 12.1 Å². The number of hydrogen-bond acceptors (Lipinski definition) is 4. The van der Waals surface area contributed by atoms with E-state index in [1.807, 2.05) is 4.90 Å².